The van der Waals surface area contributed by atoms with Gasteiger partial charge in [-0.05, 0) is 24.8 Å². The van der Waals surface area contributed by atoms with Crippen LogP contribution >= 0.6 is 0 Å². The summed E-state index contributed by atoms with van der Waals surface area (Å²) in [5, 5.41) is 14.1. The number of esters is 1. The van der Waals surface area contributed by atoms with E-state index in [1.54, 1.807) is 12.9 Å². The number of carbonyl (C=O) groups excluding carboxylic acids is 2. The van der Waals surface area contributed by atoms with E-state index in [2.05, 4.69) is 10.6 Å². The minimum atomic E-state index is -1.32. The van der Waals surface area contributed by atoms with Crippen molar-refractivity contribution in [3.63, 3.8) is 0 Å². The lowest BCUT2D eigenvalue weighted by Crippen LogP contribution is -2.38. The molecule has 2 rings (SSSR count). The fourth-order valence-corrected chi connectivity index (χ4v) is 3.07. The number of amides is 1. The Kier molecular flexibility index (Phi) is 8.19. The minimum absolute atomic E-state index is 0.0658. The number of carboxylic acid groups (broad SMARTS) is 1. The summed E-state index contributed by atoms with van der Waals surface area (Å²) >= 11 is 0. The lowest BCUT2D eigenvalue weighted by molar-refractivity contribution is -0.178. The van der Waals surface area contributed by atoms with Crippen molar-refractivity contribution in [3.8, 4) is 0 Å². The number of benzene rings is 1. The van der Waals surface area contributed by atoms with Crippen LogP contribution < -0.4 is 10.6 Å². The molecular formula is C20H26N2O6. The van der Waals surface area contributed by atoms with E-state index in [1.807, 2.05) is 37.3 Å². The van der Waals surface area contributed by atoms with Crippen LogP contribution in [0, 0.1) is 5.92 Å². The maximum Gasteiger partial charge on any atom is 0.409 e. The molecule has 0 bridgehead atoms. The minimum Gasteiger partial charge on any atom is -0.465 e. The summed E-state index contributed by atoms with van der Waals surface area (Å²) in [4.78, 5) is 33.8. The lowest BCUT2D eigenvalue weighted by Gasteiger charge is -2.18. The Morgan fingerprint density at radius 2 is 2.07 bits per heavy atom. The summed E-state index contributed by atoms with van der Waals surface area (Å²) in [6, 6.07) is 9.49. The molecule has 1 fully saturated rings. The molecule has 28 heavy (non-hydrogen) atoms. The van der Waals surface area contributed by atoms with Gasteiger partial charge in [0.1, 0.15) is 17.9 Å². The van der Waals surface area contributed by atoms with Gasteiger partial charge in [-0.1, -0.05) is 44.2 Å². The molecule has 8 nitrogen and oxygen atoms in total. The summed E-state index contributed by atoms with van der Waals surface area (Å²) in [6.45, 7) is 3.59. The molecule has 1 aliphatic rings. The van der Waals surface area contributed by atoms with E-state index in [0.29, 0.717) is 25.7 Å². The van der Waals surface area contributed by atoms with Crippen LogP contribution in [0.15, 0.2) is 36.0 Å². The van der Waals surface area contributed by atoms with Gasteiger partial charge in [0.05, 0.1) is 6.04 Å². The van der Waals surface area contributed by atoms with Crippen LogP contribution in [-0.4, -0.2) is 41.7 Å². The van der Waals surface area contributed by atoms with Crippen molar-refractivity contribution in [2.45, 2.75) is 58.1 Å². The number of nitrogens with one attached hydrogen (secondary N) is 2. The molecule has 3 N–H and O–H groups in total. The Bertz CT molecular complexity index is 717. The molecule has 4 atom stereocenters. The molecule has 0 aliphatic carbocycles. The molecule has 4 unspecified atom stereocenters. The first-order valence-corrected chi connectivity index (χ1v) is 9.32. The van der Waals surface area contributed by atoms with Gasteiger partial charge in [0.25, 0.3) is 0 Å². The number of hydrogen-bond acceptors (Lipinski definition) is 6. The number of allylic oxidation sites excluding steroid dienone is 1. The molecule has 0 aromatic heterocycles. The number of hydrogen-bond donors (Lipinski definition) is 3. The van der Waals surface area contributed by atoms with E-state index in [0.717, 1.165) is 5.56 Å². The van der Waals surface area contributed by atoms with Gasteiger partial charge in [0.15, 0.2) is 0 Å². The Morgan fingerprint density at radius 3 is 2.68 bits per heavy atom. The maximum atomic E-state index is 11.9. The predicted octanol–water partition coefficient (Wildman–Crippen LogP) is 2.22. The Balaban J connectivity index is 2.05. The molecule has 1 saturated heterocycles. The lowest BCUT2D eigenvalue weighted by atomic mass is 10.0. The van der Waals surface area contributed by atoms with E-state index < -0.39 is 24.5 Å². The number of carbonyl (C=O) groups is 2. The van der Waals surface area contributed by atoms with Crippen LogP contribution in [-0.2, 0) is 25.5 Å². The summed E-state index contributed by atoms with van der Waals surface area (Å²) in [6.07, 6.45) is -0.678. The molecule has 0 spiro atoms. The summed E-state index contributed by atoms with van der Waals surface area (Å²) in [5.41, 5.74) is 0.999. The Hall–Kier alpha value is -2.67. The van der Waals surface area contributed by atoms with Crippen molar-refractivity contribution in [2.24, 2.45) is 5.92 Å². The van der Waals surface area contributed by atoms with Crippen molar-refractivity contribution >= 4 is 18.0 Å². The summed E-state index contributed by atoms with van der Waals surface area (Å²) in [5.74, 6) is 0.856. The van der Waals surface area contributed by atoms with Gasteiger partial charge in [0, 0.05) is 12.3 Å². The highest BCUT2D eigenvalue weighted by Gasteiger charge is 2.38. The van der Waals surface area contributed by atoms with Gasteiger partial charge < -0.3 is 14.6 Å². The van der Waals surface area contributed by atoms with E-state index in [1.165, 1.54) is 0 Å². The smallest absolute Gasteiger partial charge is 0.409 e. The molecule has 1 heterocycles. The standard InChI is InChI=1S/C20H26N2O6/c1-3-7-18(24)28-19-15(11-14-8-5-4-6-9-14)21-17(27-19)10-13(2)16(12-23)22-20(25)26/h4-6,8-9,13,15,17,19,21-22H,3,7,10-11H2,1-2H3,(H,25,26). The normalized spacial score (nSPS) is 22.1. The highest BCUT2D eigenvalue weighted by molar-refractivity contribution is 5.71. The summed E-state index contributed by atoms with van der Waals surface area (Å²) < 4.78 is 11.3. The van der Waals surface area contributed by atoms with Crippen LogP contribution in [0.5, 0.6) is 0 Å². The average Bonchev–Trinajstić information content (AvgIpc) is 3.01. The molecule has 152 valence electrons. The molecule has 1 aromatic rings. The highest BCUT2D eigenvalue weighted by Crippen LogP contribution is 2.24. The van der Waals surface area contributed by atoms with Crippen LogP contribution in [0.4, 0.5) is 4.79 Å². The average molecular weight is 390 g/mol. The van der Waals surface area contributed by atoms with Crippen molar-refractivity contribution in [2.75, 3.05) is 0 Å². The van der Waals surface area contributed by atoms with Gasteiger partial charge in [-0.25, -0.2) is 9.59 Å². The second-order valence-electron chi connectivity index (χ2n) is 6.78. The Morgan fingerprint density at radius 1 is 1.36 bits per heavy atom. The first-order valence-electron chi connectivity index (χ1n) is 9.32. The highest BCUT2D eigenvalue weighted by atomic mass is 16.7. The van der Waals surface area contributed by atoms with Crippen LogP contribution in [0.1, 0.15) is 38.7 Å². The third-order valence-corrected chi connectivity index (χ3v) is 4.44. The van der Waals surface area contributed by atoms with Crippen LogP contribution in [0.25, 0.3) is 0 Å². The zero-order valence-corrected chi connectivity index (χ0v) is 16.0. The second-order valence-corrected chi connectivity index (χ2v) is 6.78. The predicted molar refractivity (Wildman–Crippen MR) is 101 cm³/mol. The topological polar surface area (TPSA) is 114 Å². The third-order valence-electron chi connectivity index (χ3n) is 4.44. The number of rotatable bonds is 9. The molecule has 8 heteroatoms. The van der Waals surface area contributed by atoms with E-state index in [9.17, 15) is 14.4 Å². The van der Waals surface area contributed by atoms with Gasteiger partial charge in [-0.15, -0.1) is 0 Å². The third kappa shape index (κ3) is 6.49. The molecule has 0 radical (unpaired) electrons. The Labute approximate surface area is 163 Å². The summed E-state index contributed by atoms with van der Waals surface area (Å²) in [7, 11) is 0. The molecule has 0 saturated carbocycles. The first-order chi connectivity index (χ1) is 13.4. The quantitative estimate of drug-likeness (QED) is 0.437. The van der Waals surface area contributed by atoms with Gasteiger partial charge >= 0.3 is 12.1 Å². The molecule has 1 amide bonds. The largest absolute Gasteiger partial charge is 0.465 e. The molecular weight excluding hydrogens is 364 g/mol. The van der Waals surface area contributed by atoms with Gasteiger partial charge in [0.2, 0.25) is 6.29 Å². The SMILES string of the molecule is CCCC(=O)OC1OC(CC(C)C(=C=O)NC(=O)O)NC1Cc1ccccc1. The van der Waals surface area contributed by atoms with Crippen LogP contribution in [0.2, 0.25) is 0 Å². The second kappa shape index (κ2) is 10.6. The van der Waals surface area contributed by atoms with Crippen molar-refractivity contribution in [1.82, 2.24) is 10.6 Å². The van der Waals surface area contributed by atoms with Crippen molar-refractivity contribution in [1.29, 1.82) is 0 Å². The van der Waals surface area contributed by atoms with Crippen molar-refractivity contribution in [3.05, 3.63) is 41.6 Å². The van der Waals surface area contributed by atoms with Crippen LogP contribution in [0.3, 0.4) is 0 Å². The zero-order chi connectivity index (χ0) is 20.5. The van der Waals surface area contributed by atoms with E-state index >= 15 is 0 Å². The molecule has 1 aromatic carbocycles. The van der Waals surface area contributed by atoms with E-state index in [4.69, 9.17) is 14.6 Å². The van der Waals surface area contributed by atoms with Gasteiger partial charge in [-0.2, -0.15) is 0 Å². The van der Waals surface area contributed by atoms with Crippen molar-refractivity contribution < 1.29 is 29.0 Å². The monoisotopic (exact) mass is 390 g/mol. The molecule has 1 aliphatic heterocycles. The fourth-order valence-electron chi connectivity index (χ4n) is 3.07. The fraction of sp³-hybridized carbons (Fsp3) is 0.500. The maximum absolute atomic E-state index is 11.9. The van der Waals surface area contributed by atoms with E-state index in [-0.39, 0.29) is 17.7 Å². The number of ether oxygens (including phenoxy) is 2. The van der Waals surface area contributed by atoms with Gasteiger partial charge in [-0.3, -0.25) is 15.4 Å². The first kappa shape index (κ1) is 21.6. The zero-order valence-electron chi connectivity index (χ0n) is 16.0.